The monoisotopic (exact) mass is 267 g/mol. The molecule has 0 aromatic rings. The van der Waals surface area contributed by atoms with Gasteiger partial charge in [0.1, 0.15) is 0 Å². The highest BCUT2D eigenvalue weighted by atomic mass is 19.4. The van der Waals surface area contributed by atoms with Crippen molar-refractivity contribution in [1.82, 2.24) is 5.32 Å². The van der Waals surface area contributed by atoms with E-state index in [-0.39, 0.29) is 13.0 Å². The Hall–Kier alpha value is -0.290. The summed E-state index contributed by atoms with van der Waals surface area (Å²) in [4.78, 5) is 0. The van der Waals surface area contributed by atoms with E-state index < -0.39 is 12.6 Å². The number of hydrogen-bond acceptors (Lipinski definition) is 2. The number of ether oxygens (including phenoxy) is 1. The van der Waals surface area contributed by atoms with Gasteiger partial charge in [0.25, 0.3) is 0 Å². The second kappa shape index (κ2) is 8.00. The second-order valence-electron chi connectivity index (χ2n) is 5.24. The van der Waals surface area contributed by atoms with E-state index in [1.807, 2.05) is 0 Å². The number of halogens is 3. The highest BCUT2D eigenvalue weighted by Gasteiger charge is 2.25. The van der Waals surface area contributed by atoms with Crippen molar-refractivity contribution in [3.63, 3.8) is 0 Å². The van der Waals surface area contributed by atoms with E-state index in [4.69, 9.17) is 4.74 Å². The Morgan fingerprint density at radius 1 is 1.11 bits per heavy atom. The standard InChI is InChI=1S/C13H24F3NO/c1-11-3-5-12(6-4-11)17-8-10-18-9-2-7-13(14,15)16/h11-12,17H,2-10H2,1H3. The third kappa shape index (κ3) is 7.93. The van der Waals surface area contributed by atoms with Crippen LogP contribution in [-0.4, -0.2) is 32.0 Å². The van der Waals surface area contributed by atoms with Crippen LogP contribution in [0, 0.1) is 5.92 Å². The maximum Gasteiger partial charge on any atom is 0.389 e. The normalized spacial score (nSPS) is 25.3. The van der Waals surface area contributed by atoms with Gasteiger partial charge < -0.3 is 10.1 Å². The molecule has 0 aliphatic heterocycles. The Bertz CT molecular complexity index is 213. The molecule has 0 aromatic carbocycles. The fourth-order valence-electron chi connectivity index (χ4n) is 2.28. The molecule has 1 N–H and O–H groups in total. The van der Waals surface area contributed by atoms with Gasteiger partial charge in [-0.15, -0.1) is 0 Å². The number of nitrogens with one attached hydrogen (secondary N) is 1. The zero-order valence-corrected chi connectivity index (χ0v) is 11.1. The van der Waals surface area contributed by atoms with Crippen LogP contribution in [0.5, 0.6) is 0 Å². The zero-order valence-electron chi connectivity index (χ0n) is 11.1. The van der Waals surface area contributed by atoms with Gasteiger partial charge in [-0.05, 0) is 38.0 Å². The van der Waals surface area contributed by atoms with Crippen LogP contribution in [0.4, 0.5) is 13.2 Å². The predicted octanol–water partition coefficient (Wildman–Crippen LogP) is 3.51. The van der Waals surface area contributed by atoms with Gasteiger partial charge >= 0.3 is 6.18 Å². The molecule has 5 heteroatoms. The minimum absolute atomic E-state index is 0.0600. The third-order valence-electron chi connectivity index (χ3n) is 3.44. The topological polar surface area (TPSA) is 21.3 Å². The summed E-state index contributed by atoms with van der Waals surface area (Å²) in [6.07, 6.45) is 0.199. The van der Waals surface area contributed by atoms with Crippen molar-refractivity contribution in [1.29, 1.82) is 0 Å². The lowest BCUT2D eigenvalue weighted by molar-refractivity contribution is -0.137. The molecule has 1 aliphatic rings. The van der Waals surface area contributed by atoms with Crippen LogP contribution < -0.4 is 5.32 Å². The first-order chi connectivity index (χ1) is 8.47. The smallest absolute Gasteiger partial charge is 0.380 e. The van der Waals surface area contributed by atoms with E-state index in [1.54, 1.807) is 0 Å². The van der Waals surface area contributed by atoms with Crippen molar-refractivity contribution in [3.8, 4) is 0 Å². The van der Waals surface area contributed by atoms with Gasteiger partial charge in [0, 0.05) is 25.6 Å². The lowest BCUT2D eigenvalue weighted by atomic mass is 9.87. The quantitative estimate of drug-likeness (QED) is 0.713. The van der Waals surface area contributed by atoms with Crippen molar-refractivity contribution in [2.45, 2.75) is 57.7 Å². The predicted molar refractivity (Wildman–Crippen MR) is 65.5 cm³/mol. The van der Waals surface area contributed by atoms with E-state index >= 15 is 0 Å². The highest BCUT2D eigenvalue weighted by molar-refractivity contribution is 4.74. The first-order valence-electron chi connectivity index (χ1n) is 6.85. The van der Waals surface area contributed by atoms with Gasteiger partial charge in [0.15, 0.2) is 0 Å². The van der Waals surface area contributed by atoms with E-state index in [9.17, 15) is 13.2 Å². The first-order valence-corrected chi connectivity index (χ1v) is 6.85. The molecule has 0 aromatic heterocycles. The molecule has 1 saturated carbocycles. The molecule has 0 atom stereocenters. The van der Waals surface area contributed by atoms with Gasteiger partial charge in [-0.25, -0.2) is 0 Å². The summed E-state index contributed by atoms with van der Waals surface area (Å²) in [7, 11) is 0. The highest BCUT2D eigenvalue weighted by Crippen LogP contribution is 2.23. The van der Waals surface area contributed by atoms with Gasteiger partial charge in [0.2, 0.25) is 0 Å². The Balaban J connectivity index is 1.87. The second-order valence-corrected chi connectivity index (χ2v) is 5.24. The molecular formula is C13H24F3NO. The molecule has 0 saturated heterocycles. The van der Waals surface area contributed by atoms with Crippen LogP contribution in [0.25, 0.3) is 0 Å². The number of alkyl halides is 3. The van der Waals surface area contributed by atoms with E-state index in [2.05, 4.69) is 12.2 Å². The van der Waals surface area contributed by atoms with Crippen LogP contribution in [0.1, 0.15) is 45.4 Å². The molecular weight excluding hydrogens is 243 g/mol. The van der Waals surface area contributed by atoms with Crippen molar-refractivity contribution in [2.75, 3.05) is 19.8 Å². The summed E-state index contributed by atoms with van der Waals surface area (Å²) in [6, 6.07) is 0.569. The molecule has 2 nitrogen and oxygen atoms in total. The van der Waals surface area contributed by atoms with Crippen molar-refractivity contribution in [2.24, 2.45) is 5.92 Å². The molecule has 1 aliphatic carbocycles. The fraction of sp³-hybridized carbons (Fsp3) is 1.00. The summed E-state index contributed by atoms with van der Waals surface area (Å²) < 4.78 is 40.7. The Labute approximate surface area is 107 Å². The largest absolute Gasteiger partial charge is 0.389 e. The molecule has 0 unspecified atom stereocenters. The van der Waals surface area contributed by atoms with E-state index in [1.165, 1.54) is 25.7 Å². The van der Waals surface area contributed by atoms with E-state index in [0.29, 0.717) is 12.6 Å². The van der Waals surface area contributed by atoms with Crippen LogP contribution in [-0.2, 0) is 4.74 Å². The molecule has 0 radical (unpaired) electrons. The van der Waals surface area contributed by atoms with Crippen LogP contribution in [0.3, 0.4) is 0 Å². The maximum absolute atomic E-state index is 11.8. The lowest BCUT2D eigenvalue weighted by Gasteiger charge is -2.26. The summed E-state index contributed by atoms with van der Waals surface area (Å²) in [6.45, 7) is 3.72. The summed E-state index contributed by atoms with van der Waals surface area (Å²) in [5.74, 6) is 0.835. The Morgan fingerprint density at radius 3 is 2.39 bits per heavy atom. The molecule has 1 fully saturated rings. The lowest BCUT2D eigenvalue weighted by Crippen LogP contribution is -2.35. The molecule has 0 spiro atoms. The van der Waals surface area contributed by atoms with Gasteiger partial charge in [-0.2, -0.15) is 13.2 Å². The molecule has 1 rings (SSSR count). The van der Waals surface area contributed by atoms with Crippen molar-refractivity contribution < 1.29 is 17.9 Å². The van der Waals surface area contributed by atoms with Gasteiger partial charge in [-0.1, -0.05) is 6.92 Å². The Morgan fingerprint density at radius 2 is 1.78 bits per heavy atom. The van der Waals surface area contributed by atoms with Crippen molar-refractivity contribution in [3.05, 3.63) is 0 Å². The summed E-state index contributed by atoms with van der Waals surface area (Å²) >= 11 is 0. The SMILES string of the molecule is CC1CCC(NCCOCCCC(F)(F)F)CC1. The minimum Gasteiger partial charge on any atom is -0.380 e. The molecule has 0 bridgehead atoms. The number of rotatable bonds is 7. The summed E-state index contributed by atoms with van der Waals surface area (Å²) in [5.41, 5.74) is 0. The van der Waals surface area contributed by atoms with Gasteiger partial charge in [0.05, 0.1) is 6.61 Å². The minimum atomic E-state index is -4.06. The average Bonchev–Trinajstić information content (AvgIpc) is 2.29. The molecule has 0 heterocycles. The zero-order chi connectivity index (χ0) is 13.4. The molecule has 0 amide bonds. The molecule has 18 heavy (non-hydrogen) atoms. The van der Waals surface area contributed by atoms with Crippen LogP contribution in [0.2, 0.25) is 0 Å². The van der Waals surface area contributed by atoms with Crippen LogP contribution >= 0.6 is 0 Å². The third-order valence-corrected chi connectivity index (χ3v) is 3.44. The Kier molecular flexibility index (Phi) is 7.00. The number of hydrogen-bond donors (Lipinski definition) is 1. The van der Waals surface area contributed by atoms with Gasteiger partial charge in [-0.3, -0.25) is 0 Å². The molecule has 108 valence electrons. The first kappa shape index (κ1) is 15.8. The fourth-order valence-corrected chi connectivity index (χ4v) is 2.28. The van der Waals surface area contributed by atoms with E-state index in [0.717, 1.165) is 12.5 Å². The maximum atomic E-state index is 11.8. The van der Waals surface area contributed by atoms with Crippen molar-refractivity contribution >= 4 is 0 Å². The average molecular weight is 267 g/mol. The van der Waals surface area contributed by atoms with Crippen LogP contribution in [0.15, 0.2) is 0 Å². The summed E-state index contributed by atoms with van der Waals surface area (Å²) in [5, 5.41) is 3.40.